The van der Waals surface area contributed by atoms with Crippen molar-refractivity contribution in [1.29, 1.82) is 0 Å². The van der Waals surface area contributed by atoms with Gasteiger partial charge in [0, 0.05) is 28.2 Å². The maximum Gasteiger partial charge on any atom is 0.0528 e. The van der Waals surface area contributed by atoms with Crippen molar-refractivity contribution in [3.05, 3.63) is 120 Å². The van der Waals surface area contributed by atoms with Crippen molar-refractivity contribution in [3.8, 4) is 22.5 Å². The van der Waals surface area contributed by atoms with Crippen molar-refractivity contribution in [2.24, 2.45) is 0 Å². The highest BCUT2D eigenvalue weighted by molar-refractivity contribution is 9.10. The predicted molar refractivity (Wildman–Crippen MR) is 133 cm³/mol. The molecular weight excluding hydrogens is 444 g/mol. The first kappa shape index (κ1) is 18.2. The van der Waals surface area contributed by atoms with Crippen molar-refractivity contribution in [2.75, 3.05) is 0 Å². The molecule has 2 nitrogen and oxygen atoms in total. The van der Waals surface area contributed by atoms with Gasteiger partial charge in [-0.3, -0.25) is 0 Å². The normalized spacial score (nSPS) is 11.4. The molecule has 0 aliphatic rings. The smallest absolute Gasteiger partial charge is 0.0528 e. The Bertz CT molecular complexity index is 1440. The summed E-state index contributed by atoms with van der Waals surface area (Å²) in [4.78, 5) is 0. The first-order chi connectivity index (χ1) is 15.3. The Morgan fingerprint density at radius 1 is 0.484 bits per heavy atom. The third-order valence-corrected chi connectivity index (χ3v) is 6.36. The van der Waals surface area contributed by atoms with Gasteiger partial charge in [-0.15, -0.1) is 0 Å². The Morgan fingerprint density at radius 2 is 1.00 bits per heavy atom. The maximum atomic E-state index is 3.56. The number of hydrogen-bond acceptors (Lipinski definition) is 0. The molecular formula is C28H19BrN2. The largest absolute Gasteiger partial charge is 0.316 e. The summed E-state index contributed by atoms with van der Waals surface area (Å²) < 4.78 is 5.63. The summed E-state index contributed by atoms with van der Waals surface area (Å²) in [6, 6.07) is 36.7. The highest BCUT2D eigenvalue weighted by Crippen LogP contribution is 2.31. The molecule has 0 spiro atoms. The molecule has 0 saturated carbocycles. The van der Waals surface area contributed by atoms with E-state index in [0.29, 0.717) is 0 Å². The zero-order valence-electron chi connectivity index (χ0n) is 16.7. The first-order valence-electron chi connectivity index (χ1n) is 10.3. The lowest BCUT2D eigenvalue weighted by molar-refractivity contribution is 1.09. The van der Waals surface area contributed by atoms with Gasteiger partial charge in [0.25, 0.3) is 0 Å². The van der Waals surface area contributed by atoms with E-state index in [1.807, 2.05) is 0 Å². The van der Waals surface area contributed by atoms with Crippen LogP contribution in [0.1, 0.15) is 0 Å². The quantitative estimate of drug-likeness (QED) is 0.252. The summed E-state index contributed by atoms with van der Waals surface area (Å²) >= 11 is 3.56. The third kappa shape index (κ3) is 3.18. The van der Waals surface area contributed by atoms with Crippen LogP contribution in [0.25, 0.3) is 44.3 Å². The first-order valence-corrected chi connectivity index (χ1v) is 11.1. The van der Waals surface area contributed by atoms with Gasteiger partial charge in [0.05, 0.1) is 11.0 Å². The van der Waals surface area contributed by atoms with Crippen molar-refractivity contribution >= 4 is 37.7 Å². The number of nitrogens with zero attached hydrogens (tertiary/aromatic N) is 2. The summed E-state index contributed by atoms with van der Waals surface area (Å²) in [6.07, 6.45) is 4.31. The lowest BCUT2D eigenvalue weighted by atomic mass is 10.0. The van der Waals surface area contributed by atoms with E-state index >= 15 is 0 Å². The number of hydrogen-bond donors (Lipinski definition) is 0. The van der Waals surface area contributed by atoms with Crippen LogP contribution >= 0.6 is 15.9 Å². The minimum absolute atomic E-state index is 1.08. The number of rotatable bonds is 3. The number of aromatic nitrogens is 2. The standard InChI is InChI=1S/C28H19BrN2/c29-24-11-9-20(10-12-24)23-17-25(30-15-13-21-5-1-3-7-27(21)30)19-26(18-23)31-16-14-22-6-2-4-8-28(22)31/h1-19H. The van der Waals surface area contributed by atoms with Crippen LogP contribution in [0, 0.1) is 0 Å². The molecule has 6 aromatic rings. The van der Waals surface area contributed by atoms with Crippen LogP contribution in [-0.4, -0.2) is 9.13 Å². The molecule has 0 saturated heterocycles. The number of para-hydroxylation sites is 2. The van der Waals surface area contributed by atoms with Gasteiger partial charge in [-0.2, -0.15) is 0 Å². The second kappa shape index (κ2) is 7.29. The number of fused-ring (bicyclic) bond motifs is 2. The van der Waals surface area contributed by atoms with Gasteiger partial charge in [0.2, 0.25) is 0 Å². The Kier molecular flexibility index (Phi) is 4.29. The fourth-order valence-electron chi connectivity index (χ4n) is 4.30. The Labute approximate surface area is 189 Å². The molecule has 0 atom stereocenters. The fraction of sp³-hybridized carbons (Fsp3) is 0. The molecule has 2 aromatic heterocycles. The van der Waals surface area contributed by atoms with Crippen LogP contribution in [-0.2, 0) is 0 Å². The maximum absolute atomic E-state index is 3.56. The molecule has 6 rings (SSSR count). The highest BCUT2D eigenvalue weighted by atomic mass is 79.9. The molecule has 0 fully saturated rings. The monoisotopic (exact) mass is 462 g/mol. The number of benzene rings is 4. The van der Waals surface area contributed by atoms with Gasteiger partial charge in [-0.1, -0.05) is 64.5 Å². The van der Waals surface area contributed by atoms with E-state index in [2.05, 4.69) is 141 Å². The van der Waals surface area contributed by atoms with Crippen LogP contribution in [0.4, 0.5) is 0 Å². The van der Waals surface area contributed by atoms with Crippen molar-refractivity contribution in [1.82, 2.24) is 9.13 Å². The van der Waals surface area contributed by atoms with Crippen molar-refractivity contribution < 1.29 is 0 Å². The van der Waals surface area contributed by atoms with E-state index in [1.54, 1.807) is 0 Å². The molecule has 0 aliphatic carbocycles. The van der Waals surface area contributed by atoms with Crippen LogP contribution in [0.5, 0.6) is 0 Å². The molecule has 148 valence electrons. The van der Waals surface area contributed by atoms with E-state index < -0.39 is 0 Å². The predicted octanol–water partition coefficient (Wildman–Crippen LogP) is 8.00. The SMILES string of the molecule is Brc1ccc(-c2cc(-n3ccc4ccccc43)cc(-n3ccc4ccccc43)c2)cc1. The average molecular weight is 463 g/mol. The van der Waals surface area contributed by atoms with Crippen LogP contribution < -0.4 is 0 Å². The summed E-state index contributed by atoms with van der Waals surface area (Å²) in [6.45, 7) is 0. The lowest BCUT2D eigenvalue weighted by Gasteiger charge is -2.14. The molecule has 0 aliphatic heterocycles. The zero-order valence-corrected chi connectivity index (χ0v) is 18.3. The van der Waals surface area contributed by atoms with E-state index in [9.17, 15) is 0 Å². The van der Waals surface area contributed by atoms with Crippen molar-refractivity contribution in [3.63, 3.8) is 0 Å². The topological polar surface area (TPSA) is 9.86 Å². The fourth-order valence-corrected chi connectivity index (χ4v) is 4.56. The second-order valence-electron chi connectivity index (χ2n) is 7.73. The lowest BCUT2D eigenvalue weighted by Crippen LogP contribution is -1.98. The summed E-state index contributed by atoms with van der Waals surface area (Å²) in [5, 5.41) is 2.48. The van der Waals surface area contributed by atoms with Gasteiger partial charge >= 0.3 is 0 Å². The molecule has 0 N–H and O–H groups in total. The molecule has 0 radical (unpaired) electrons. The van der Waals surface area contributed by atoms with Gasteiger partial charge in [-0.25, -0.2) is 0 Å². The minimum Gasteiger partial charge on any atom is -0.316 e. The van der Waals surface area contributed by atoms with Crippen molar-refractivity contribution in [2.45, 2.75) is 0 Å². The Balaban J connectivity index is 1.61. The summed E-state index contributed by atoms with van der Waals surface area (Å²) in [5.41, 5.74) is 7.09. The summed E-state index contributed by atoms with van der Waals surface area (Å²) in [5.74, 6) is 0. The molecule has 4 aromatic carbocycles. The molecule has 2 heterocycles. The zero-order chi connectivity index (χ0) is 20.8. The highest BCUT2D eigenvalue weighted by Gasteiger charge is 2.10. The van der Waals surface area contributed by atoms with E-state index in [1.165, 1.54) is 32.9 Å². The minimum atomic E-state index is 1.08. The second-order valence-corrected chi connectivity index (χ2v) is 8.65. The van der Waals surface area contributed by atoms with E-state index in [4.69, 9.17) is 0 Å². The van der Waals surface area contributed by atoms with Gasteiger partial charge in [0.15, 0.2) is 0 Å². The van der Waals surface area contributed by atoms with E-state index in [-0.39, 0.29) is 0 Å². The average Bonchev–Trinajstić information content (AvgIpc) is 3.44. The summed E-state index contributed by atoms with van der Waals surface area (Å²) in [7, 11) is 0. The van der Waals surface area contributed by atoms with Gasteiger partial charge in [-0.05, 0) is 76.5 Å². The van der Waals surface area contributed by atoms with Crippen LogP contribution in [0.2, 0.25) is 0 Å². The van der Waals surface area contributed by atoms with E-state index in [0.717, 1.165) is 15.8 Å². The third-order valence-electron chi connectivity index (χ3n) is 5.84. The molecule has 3 heteroatoms. The van der Waals surface area contributed by atoms with Gasteiger partial charge < -0.3 is 9.13 Å². The number of halogens is 1. The molecule has 31 heavy (non-hydrogen) atoms. The Morgan fingerprint density at radius 3 is 1.55 bits per heavy atom. The van der Waals surface area contributed by atoms with Crippen LogP contribution in [0.3, 0.4) is 0 Å². The van der Waals surface area contributed by atoms with Gasteiger partial charge in [0.1, 0.15) is 0 Å². The van der Waals surface area contributed by atoms with Crippen LogP contribution in [0.15, 0.2) is 120 Å². The Hall–Kier alpha value is -3.56. The molecule has 0 amide bonds. The molecule has 0 unspecified atom stereocenters. The molecule has 0 bridgehead atoms.